The van der Waals surface area contributed by atoms with Gasteiger partial charge in [0.25, 0.3) is 0 Å². The molecule has 0 radical (unpaired) electrons. The number of hydrogen-bond acceptors (Lipinski definition) is 3. The number of ether oxygens (including phenoxy) is 1. The van der Waals surface area contributed by atoms with Gasteiger partial charge in [0.2, 0.25) is 5.91 Å². The highest BCUT2D eigenvalue weighted by atomic mass is 35.5. The van der Waals surface area contributed by atoms with Gasteiger partial charge in [-0.15, -0.1) is 0 Å². The summed E-state index contributed by atoms with van der Waals surface area (Å²) in [5.74, 6) is 0.830. The molecule has 1 atom stereocenters. The summed E-state index contributed by atoms with van der Waals surface area (Å²) in [4.78, 5) is 14.3. The summed E-state index contributed by atoms with van der Waals surface area (Å²) in [6, 6.07) is 13.1. The van der Waals surface area contributed by atoms with Crippen LogP contribution >= 0.6 is 23.2 Å². The predicted octanol–water partition coefficient (Wildman–Crippen LogP) is 4.18. The van der Waals surface area contributed by atoms with Gasteiger partial charge in [-0.1, -0.05) is 41.4 Å². The smallest absolute Gasteiger partial charge is 0.237 e. The summed E-state index contributed by atoms with van der Waals surface area (Å²) in [6.07, 6.45) is 0.777. The van der Waals surface area contributed by atoms with E-state index in [0.717, 1.165) is 23.3 Å². The van der Waals surface area contributed by atoms with E-state index in [9.17, 15) is 4.79 Å². The molecular weight excluding hydrogens is 371 g/mol. The molecule has 1 amide bonds. The van der Waals surface area contributed by atoms with Crippen molar-refractivity contribution in [3.8, 4) is 5.75 Å². The van der Waals surface area contributed by atoms with Crippen molar-refractivity contribution >= 4 is 29.1 Å². The molecule has 0 heterocycles. The molecule has 0 spiro atoms. The maximum Gasteiger partial charge on any atom is 0.237 e. The molecule has 2 rings (SSSR count). The zero-order chi connectivity index (χ0) is 19.1. The average Bonchev–Trinajstić information content (AvgIpc) is 2.64. The molecule has 0 saturated heterocycles. The van der Waals surface area contributed by atoms with Crippen molar-refractivity contribution < 1.29 is 9.53 Å². The lowest BCUT2D eigenvalue weighted by molar-refractivity contribution is -0.125. The first kappa shape index (κ1) is 20.6. The SMILES string of the molecule is COc1ccc(CCNC(=O)C(C)N(C)Cc2ccc(Cl)c(Cl)c2)cc1. The van der Waals surface area contributed by atoms with Crippen molar-refractivity contribution in [2.45, 2.75) is 25.9 Å². The number of benzene rings is 2. The van der Waals surface area contributed by atoms with Gasteiger partial charge in [-0.2, -0.15) is 0 Å². The lowest BCUT2D eigenvalue weighted by atomic mass is 10.1. The van der Waals surface area contributed by atoms with E-state index in [-0.39, 0.29) is 11.9 Å². The minimum atomic E-state index is -0.250. The van der Waals surface area contributed by atoms with E-state index in [0.29, 0.717) is 23.1 Å². The quantitative estimate of drug-likeness (QED) is 0.729. The zero-order valence-electron chi connectivity index (χ0n) is 15.3. The van der Waals surface area contributed by atoms with Crippen molar-refractivity contribution in [2.24, 2.45) is 0 Å². The van der Waals surface area contributed by atoms with Gasteiger partial charge in [-0.3, -0.25) is 9.69 Å². The van der Waals surface area contributed by atoms with Gasteiger partial charge in [0.05, 0.1) is 23.2 Å². The van der Waals surface area contributed by atoms with Gasteiger partial charge in [0.1, 0.15) is 5.75 Å². The summed E-state index contributed by atoms with van der Waals surface area (Å²) < 4.78 is 5.14. The van der Waals surface area contributed by atoms with Gasteiger partial charge >= 0.3 is 0 Å². The maximum absolute atomic E-state index is 12.4. The molecule has 1 unspecified atom stereocenters. The van der Waals surface area contributed by atoms with Crippen LogP contribution in [0.25, 0.3) is 0 Å². The maximum atomic E-state index is 12.4. The standard InChI is InChI=1S/C20H24Cl2N2O2/c1-14(24(2)13-16-6-9-18(21)19(22)12-16)20(25)23-11-10-15-4-7-17(26-3)8-5-15/h4-9,12,14H,10-11,13H2,1-3H3,(H,23,25). The Morgan fingerprint density at radius 1 is 1.12 bits per heavy atom. The Labute approximate surface area is 165 Å². The average molecular weight is 395 g/mol. The normalized spacial score (nSPS) is 12.1. The van der Waals surface area contributed by atoms with E-state index in [2.05, 4.69) is 5.32 Å². The fraction of sp³-hybridized carbons (Fsp3) is 0.350. The van der Waals surface area contributed by atoms with Crippen LogP contribution in [0, 0.1) is 0 Å². The third-order valence-corrected chi connectivity index (χ3v) is 5.07. The van der Waals surface area contributed by atoms with Crippen LogP contribution in [0.4, 0.5) is 0 Å². The number of hydrogen-bond donors (Lipinski definition) is 1. The molecule has 0 aliphatic heterocycles. The van der Waals surface area contributed by atoms with Crippen LogP contribution in [0.2, 0.25) is 10.0 Å². The number of nitrogens with zero attached hydrogens (tertiary/aromatic N) is 1. The Bertz CT molecular complexity index is 735. The van der Waals surface area contributed by atoms with E-state index < -0.39 is 0 Å². The molecule has 1 N–H and O–H groups in total. The van der Waals surface area contributed by atoms with Crippen molar-refractivity contribution in [2.75, 3.05) is 20.7 Å². The second-order valence-corrected chi connectivity index (χ2v) is 7.04. The van der Waals surface area contributed by atoms with E-state index in [1.165, 1.54) is 0 Å². The Morgan fingerprint density at radius 2 is 1.77 bits per heavy atom. The van der Waals surface area contributed by atoms with Crippen molar-refractivity contribution in [1.29, 1.82) is 0 Å². The van der Waals surface area contributed by atoms with Crippen LogP contribution in [0.3, 0.4) is 0 Å². The molecule has 140 valence electrons. The molecule has 26 heavy (non-hydrogen) atoms. The molecular formula is C20H24Cl2N2O2. The number of methoxy groups -OCH3 is 1. The number of nitrogens with one attached hydrogen (secondary N) is 1. The van der Waals surface area contributed by atoms with Crippen LogP contribution < -0.4 is 10.1 Å². The van der Waals surface area contributed by atoms with Gasteiger partial charge in [0, 0.05) is 13.1 Å². The summed E-state index contributed by atoms with van der Waals surface area (Å²) in [5, 5.41) is 4.04. The van der Waals surface area contributed by atoms with Crippen LogP contribution in [0.15, 0.2) is 42.5 Å². The monoisotopic (exact) mass is 394 g/mol. The Balaban J connectivity index is 1.80. The number of rotatable bonds is 8. The first-order chi connectivity index (χ1) is 12.4. The summed E-state index contributed by atoms with van der Waals surface area (Å²) >= 11 is 12.0. The molecule has 6 heteroatoms. The summed E-state index contributed by atoms with van der Waals surface area (Å²) in [5.41, 5.74) is 2.17. The number of carbonyl (C=O) groups is 1. The molecule has 0 aliphatic rings. The third-order valence-electron chi connectivity index (χ3n) is 4.33. The van der Waals surface area contributed by atoms with Crippen LogP contribution in [-0.4, -0.2) is 37.6 Å². The highest BCUT2D eigenvalue weighted by Gasteiger charge is 2.18. The molecule has 0 saturated carbocycles. The second-order valence-electron chi connectivity index (χ2n) is 6.23. The van der Waals surface area contributed by atoms with Crippen LogP contribution in [-0.2, 0) is 17.8 Å². The van der Waals surface area contributed by atoms with Crippen molar-refractivity contribution in [3.05, 3.63) is 63.6 Å². The molecule has 0 aromatic heterocycles. The second kappa shape index (κ2) is 9.81. The molecule has 4 nitrogen and oxygen atoms in total. The number of halogens is 2. The van der Waals surface area contributed by atoms with Crippen LogP contribution in [0.5, 0.6) is 5.75 Å². The van der Waals surface area contributed by atoms with Gasteiger partial charge in [-0.25, -0.2) is 0 Å². The van der Waals surface area contributed by atoms with Gasteiger partial charge < -0.3 is 10.1 Å². The van der Waals surface area contributed by atoms with E-state index in [1.54, 1.807) is 13.2 Å². The van der Waals surface area contributed by atoms with Crippen LogP contribution in [0.1, 0.15) is 18.1 Å². The Kier molecular flexibility index (Phi) is 7.76. The highest BCUT2D eigenvalue weighted by molar-refractivity contribution is 6.42. The fourth-order valence-electron chi connectivity index (χ4n) is 2.53. The lowest BCUT2D eigenvalue weighted by Gasteiger charge is -2.24. The predicted molar refractivity (Wildman–Crippen MR) is 107 cm³/mol. The molecule has 2 aromatic rings. The van der Waals surface area contributed by atoms with E-state index in [4.69, 9.17) is 27.9 Å². The highest BCUT2D eigenvalue weighted by Crippen LogP contribution is 2.23. The first-order valence-corrected chi connectivity index (χ1v) is 9.21. The largest absolute Gasteiger partial charge is 0.497 e. The topological polar surface area (TPSA) is 41.6 Å². The van der Waals surface area contributed by atoms with Gasteiger partial charge in [0.15, 0.2) is 0 Å². The van der Waals surface area contributed by atoms with Crippen molar-refractivity contribution in [3.63, 3.8) is 0 Å². The zero-order valence-corrected chi connectivity index (χ0v) is 16.8. The number of carbonyl (C=O) groups excluding carboxylic acids is 1. The molecule has 0 fully saturated rings. The van der Waals surface area contributed by atoms with Gasteiger partial charge in [-0.05, 0) is 55.8 Å². The molecule has 2 aromatic carbocycles. The molecule has 0 aliphatic carbocycles. The Hall–Kier alpha value is -1.75. The number of amides is 1. The van der Waals surface area contributed by atoms with E-state index >= 15 is 0 Å². The van der Waals surface area contributed by atoms with Crippen molar-refractivity contribution in [1.82, 2.24) is 10.2 Å². The Morgan fingerprint density at radius 3 is 2.38 bits per heavy atom. The fourth-order valence-corrected chi connectivity index (χ4v) is 2.85. The minimum absolute atomic E-state index is 0.000993. The summed E-state index contributed by atoms with van der Waals surface area (Å²) in [6.45, 7) is 3.10. The third kappa shape index (κ3) is 5.90. The minimum Gasteiger partial charge on any atom is -0.497 e. The van der Waals surface area contributed by atoms with E-state index in [1.807, 2.05) is 55.3 Å². The first-order valence-electron chi connectivity index (χ1n) is 8.45. The lowest BCUT2D eigenvalue weighted by Crippen LogP contribution is -2.43. The summed E-state index contributed by atoms with van der Waals surface area (Å²) in [7, 11) is 3.56. The number of likely N-dealkylation sites (N-methyl/N-ethyl adjacent to an activating group) is 1. The molecule has 0 bridgehead atoms.